The molecule has 0 unspecified atom stereocenters. The average Bonchev–Trinajstić information content (AvgIpc) is 3.25. The van der Waals surface area contributed by atoms with Crippen LogP contribution < -0.4 is 0 Å². The molecule has 132 valence electrons. The van der Waals surface area contributed by atoms with E-state index in [0.717, 1.165) is 44.6 Å². The molecule has 0 aliphatic carbocycles. The van der Waals surface area contributed by atoms with Gasteiger partial charge in [0.2, 0.25) is 5.91 Å². The lowest BCUT2D eigenvalue weighted by Gasteiger charge is -2.23. The third-order valence-electron chi connectivity index (χ3n) is 5.46. The number of aromatic nitrogens is 2. The van der Waals surface area contributed by atoms with Crippen molar-refractivity contribution in [2.75, 3.05) is 19.6 Å². The van der Waals surface area contributed by atoms with Crippen LogP contribution in [0.5, 0.6) is 0 Å². The minimum atomic E-state index is -0.254. The number of hydrogen-bond donors (Lipinski definition) is 0. The lowest BCUT2D eigenvalue weighted by Crippen LogP contribution is -2.36. The van der Waals surface area contributed by atoms with Gasteiger partial charge < -0.3 is 4.90 Å². The highest BCUT2D eigenvalue weighted by atomic mass is 19.1. The van der Waals surface area contributed by atoms with Gasteiger partial charge in [-0.1, -0.05) is 12.1 Å². The lowest BCUT2D eigenvalue weighted by molar-refractivity contribution is -0.136. The topological polar surface area (TPSA) is 41.4 Å². The molecule has 5 nitrogen and oxygen atoms in total. The zero-order chi connectivity index (χ0) is 17.4. The Morgan fingerprint density at radius 1 is 1.20 bits per heavy atom. The van der Waals surface area contributed by atoms with Crippen molar-refractivity contribution < 1.29 is 9.18 Å². The molecule has 25 heavy (non-hydrogen) atoms. The van der Waals surface area contributed by atoms with Gasteiger partial charge in [-0.2, -0.15) is 5.10 Å². The number of hydrogen-bond acceptors (Lipinski definition) is 3. The molecule has 2 saturated heterocycles. The summed E-state index contributed by atoms with van der Waals surface area (Å²) in [6.45, 7) is 3.85. The van der Waals surface area contributed by atoms with Gasteiger partial charge in [0.1, 0.15) is 5.82 Å². The summed E-state index contributed by atoms with van der Waals surface area (Å²) in [6, 6.07) is 6.53. The summed E-state index contributed by atoms with van der Waals surface area (Å²) in [4.78, 5) is 17.2. The van der Waals surface area contributed by atoms with Gasteiger partial charge >= 0.3 is 0 Å². The van der Waals surface area contributed by atoms with Gasteiger partial charge in [-0.05, 0) is 37.1 Å². The molecule has 2 aromatic rings. The summed E-state index contributed by atoms with van der Waals surface area (Å²) in [5, 5.41) is 4.21. The van der Waals surface area contributed by atoms with Crippen molar-refractivity contribution in [2.24, 2.45) is 12.5 Å². The first-order valence-corrected chi connectivity index (χ1v) is 8.78. The maximum Gasteiger partial charge on any atom is 0.230 e. The second-order valence-electron chi connectivity index (χ2n) is 7.37. The minimum absolute atomic E-state index is 0.227. The summed E-state index contributed by atoms with van der Waals surface area (Å²) >= 11 is 0. The first kappa shape index (κ1) is 16.3. The SMILES string of the molecule is Cn1cc(CN2CC[C@]3(CCN(Cc4cccc(F)c4)C3=O)C2)cn1. The maximum absolute atomic E-state index is 13.4. The molecule has 4 rings (SSSR count). The standard InChI is InChI=1S/C19H23FN4O/c1-22-11-16(10-21-22)12-23-7-5-19(14-23)6-8-24(18(19)25)13-15-3-2-4-17(20)9-15/h2-4,9-11H,5-8,12-14H2,1H3/t19-/m0/s1. The van der Waals surface area contributed by atoms with Crippen LogP contribution in [0.4, 0.5) is 4.39 Å². The monoisotopic (exact) mass is 342 g/mol. The second kappa shape index (κ2) is 6.26. The molecule has 0 radical (unpaired) electrons. The van der Waals surface area contributed by atoms with E-state index >= 15 is 0 Å². The predicted octanol–water partition coefficient (Wildman–Crippen LogP) is 2.18. The summed E-state index contributed by atoms with van der Waals surface area (Å²) in [6.07, 6.45) is 5.71. The van der Waals surface area contributed by atoms with Crippen LogP contribution >= 0.6 is 0 Å². The van der Waals surface area contributed by atoms with E-state index in [1.54, 1.807) is 6.07 Å². The molecule has 2 fully saturated rings. The highest BCUT2D eigenvalue weighted by molar-refractivity contribution is 5.85. The van der Waals surface area contributed by atoms with E-state index in [1.807, 2.05) is 35.1 Å². The Morgan fingerprint density at radius 3 is 2.80 bits per heavy atom. The highest BCUT2D eigenvalue weighted by Crippen LogP contribution is 2.41. The smallest absolute Gasteiger partial charge is 0.230 e. The molecule has 3 heterocycles. The highest BCUT2D eigenvalue weighted by Gasteiger charge is 2.50. The molecule has 1 aromatic heterocycles. The van der Waals surface area contributed by atoms with Crippen LogP contribution in [0, 0.1) is 11.2 Å². The van der Waals surface area contributed by atoms with Crippen molar-refractivity contribution in [1.82, 2.24) is 19.6 Å². The van der Waals surface area contributed by atoms with Gasteiger partial charge in [-0.25, -0.2) is 4.39 Å². The van der Waals surface area contributed by atoms with Gasteiger partial charge in [-0.3, -0.25) is 14.4 Å². The Bertz CT molecular complexity index is 789. The molecule has 1 amide bonds. The van der Waals surface area contributed by atoms with Crippen molar-refractivity contribution >= 4 is 5.91 Å². The van der Waals surface area contributed by atoms with Crippen LogP contribution in [-0.4, -0.2) is 45.1 Å². The van der Waals surface area contributed by atoms with Gasteiger partial charge in [-0.15, -0.1) is 0 Å². The van der Waals surface area contributed by atoms with Crippen molar-refractivity contribution in [1.29, 1.82) is 0 Å². The predicted molar refractivity (Wildman–Crippen MR) is 92.0 cm³/mol. The number of nitrogens with zero attached hydrogens (tertiary/aromatic N) is 4. The van der Waals surface area contributed by atoms with Crippen LogP contribution in [0.1, 0.15) is 24.0 Å². The van der Waals surface area contributed by atoms with E-state index in [2.05, 4.69) is 10.00 Å². The third kappa shape index (κ3) is 3.18. The Kier molecular flexibility index (Phi) is 4.07. The second-order valence-corrected chi connectivity index (χ2v) is 7.37. The van der Waals surface area contributed by atoms with Gasteiger partial charge in [0.15, 0.2) is 0 Å². The van der Waals surface area contributed by atoms with Crippen LogP contribution in [0.3, 0.4) is 0 Å². The maximum atomic E-state index is 13.4. The van der Waals surface area contributed by atoms with Crippen molar-refractivity contribution in [2.45, 2.75) is 25.9 Å². The first-order chi connectivity index (χ1) is 12.0. The molecule has 6 heteroatoms. The first-order valence-electron chi connectivity index (χ1n) is 8.78. The van der Waals surface area contributed by atoms with Crippen molar-refractivity contribution in [3.63, 3.8) is 0 Å². The number of carbonyl (C=O) groups excluding carboxylic acids is 1. The van der Waals surface area contributed by atoms with E-state index in [9.17, 15) is 9.18 Å². The zero-order valence-electron chi connectivity index (χ0n) is 14.5. The zero-order valence-corrected chi connectivity index (χ0v) is 14.5. The number of rotatable bonds is 4. The number of halogens is 1. The molecule has 2 aliphatic heterocycles. The Labute approximate surface area is 147 Å². The van der Waals surface area contributed by atoms with Crippen LogP contribution in [-0.2, 0) is 24.9 Å². The van der Waals surface area contributed by atoms with E-state index in [1.165, 1.54) is 17.7 Å². The van der Waals surface area contributed by atoms with Crippen LogP contribution in [0.15, 0.2) is 36.7 Å². The summed E-state index contributed by atoms with van der Waals surface area (Å²) in [5.41, 5.74) is 1.78. The normalized spacial score (nSPS) is 23.9. The van der Waals surface area contributed by atoms with Gasteiger partial charge in [0.25, 0.3) is 0 Å². The third-order valence-corrected chi connectivity index (χ3v) is 5.46. The Morgan fingerprint density at radius 2 is 2.04 bits per heavy atom. The Balaban J connectivity index is 1.41. The fourth-order valence-corrected chi connectivity index (χ4v) is 4.18. The van der Waals surface area contributed by atoms with Crippen LogP contribution in [0.25, 0.3) is 0 Å². The van der Waals surface area contributed by atoms with Gasteiger partial charge in [0.05, 0.1) is 11.6 Å². The average molecular weight is 342 g/mol. The number of benzene rings is 1. The molecule has 0 N–H and O–H groups in total. The number of likely N-dealkylation sites (tertiary alicyclic amines) is 2. The lowest BCUT2D eigenvalue weighted by atomic mass is 9.85. The molecular formula is C19H23FN4O. The summed E-state index contributed by atoms with van der Waals surface area (Å²) < 4.78 is 15.2. The number of amides is 1. The van der Waals surface area contributed by atoms with Gasteiger partial charge in [0, 0.05) is 45.0 Å². The molecule has 1 spiro atoms. The van der Waals surface area contributed by atoms with E-state index in [4.69, 9.17) is 0 Å². The molecule has 1 aromatic carbocycles. The van der Waals surface area contributed by atoms with Crippen LogP contribution in [0.2, 0.25) is 0 Å². The summed E-state index contributed by atoms with van der Waals surface area (Å²) in [5.74, 6) is -0.0205. The fraction of sp³-hybridized carbons (Fsp3) is 0.474. The number of carbonyl (C=O) groups is 1. The Hall–Kier alpha value is -2.21. The summed E-state index contributed by atoms with van der Waals surface area (Å²) in [7, 11) is 1.92. The van der Waals surface area contributed by atoms with Crippen molar-refractivity contribution in [3.8, 4) is 0 Å². The molecular weight excluding hydrogens is 319 g/mol. The van der Waals surface area contributed by atoms with Crippen molar-refractivity contribution in [3.05, 3.63) is 53.6 Å². The quantitative estimate of drug-likeness (QED) is 0.855. The minimum Gasteiger partial charge on any atom is -0.338 e. The van der Waals surface area contributed by atoms with E-state index < -0.39 is 0 Å². The van der Waals surface area contributed by atoms with E-state index in [-0.39, 0.29) is 17.1 Å². The molecule has 2 aliphatic rings. The fourth-order valence-electron chi connectivity index (χ4n) is 4.18. The molecule has 0 bridgehead atoms. The van der Waals surface area contributed by atoms with E-state index in [0.29, 0.717) is 6.54 Å². The molecule has 0 saturated carbocycles. The largest absolute Gasteiger partial charge is 0.338 e. The number of aryl methyl sites for hydroxylation is 1. The molecule has 1 atom stereocenters.